The molecule has 0 spiro atoms. The number of fused-ring (bicyclic) bond motifs is 1. The maximum atomic E-state index is 11.2. The number of hydrogen-bond donors (Lipinski definition) is 1. The molecule has 128 valence electrons. The van der Waals surface area contributed by atoms with Crippen molar-refractivity contribution in [3.05, 3.63) is 95.9 Å². The first kappa shape index (κ1) is 16.1. The summed E-state index contributed by atoms with van der Waals surface area (Å²) in [5.74, 6) is 0.203. The summed E-state index contributed by atoms with van der Waals surface area (Å²) < 4.78 is 5.15. The number of carbonyl (C=O) groups is 1. The van der Waals surface area contributed by atoms with Gasteiger partial charge in [-0.1, -0.05) is 36.4 Å². The number of pyridine rings is 1. The average Bonchev–Trinajstić information content (AvgIpc) is 3.08. The number of nitrogens with zero attached hydrogens (tertiary/aromatic N) is 1. The maximum absolute atomic E-state index is 11.2. The molecule has 0 aliphatic rings. The molecule has 2 heterocycles. The van der Waals surface area contributed by atoms with E-state index in [0.717, 1.165) is 16.8 Å². The van der Waals surface area contributed by atoms with Crippen LogP contribution in [0.25, 0.3) is 10.9 Å². The summed E-state index contributed by atoms with van der Waals surface area (Å²) in [6.45, 7) is 1.40. The first-order valence-electron chi connectivity index (χ1n) is 8.47. The van der Waals surface area contributed by atoms with E-state index < -0.39 is 0 Å². The van der Waals surface area contributed by atoms with E-state index in [1.54, 1.807) is 0 Å². The molecule has 0 fully saturated rings. The van der Waals surface area contributed by atoms with Crippen molar-refractivity contribution in [1.82, 2.24) is 9.97 Å². The van der Waals surface area contributed by atoms with E-state index in [0.29, 0.717) is 5.75 Å². The molecular formula is C22H18N2O2. The van der Waals surface area contributed by atoms with Gasteiger partial charge in [0.2, 0.25) is 0 Å². The normalized spacial score (nSPS) is 12.0. The molecule has 0 amide bonds. The number of nitrogens with one attached hydrogen (secondary N) is 1. The molecule has 4 nitrogen and oxygen atoms in total. The largest absolute Gasteiger partial charge is 0.427 e. The van der Waals surface area contributed by atoms with E-state index in [1.165, 1.54) is 17.9 Å². The Hall–Kier alpha value is -3.40. The van der Waals surface area contributed by atoms with Crippen molar-refractivity contribution in [2.45, 2.75) is 12.8 Å². The molecule has 1 atom stereocenters. The Balaban J connectivity index is 1.83. The molecule has 2 aromatic carbocycles. The highest BCUT2D eigenvalue weighted by Gasteiger charge is 2.21. The molecule has 1 N–H and O–H groups in total. The highest BCUT2D eigenvalue weighted by Crippen LogP contribution is 2.35. The van der Waals surface area contributed by atoms with Gasteiger partial charge in [0.1, 0.15) is 5.75 Å². The van der Waals surface area contributed by atoms with Gasteiger partial charge in [0.15, 0.2) is 0 Å². The summed E-state index contributed by atoms with van der Waals surface area (Å²) in [6.07, 6.45) is 3.86. The van der Waals surface area contributed by atoms with Gasteiger partial charge in [-0.05, 0) is 41.5 Å². The Kier molecular flexibility index (Phi) is 4.23. The number of rotatable bonds is 4. The molecule has 4 aromatic rings. The van der Waals surface area contributed by atoms with Gasteiger partial charge in [-0.3, -0.25) is 9.78 Å². The van der Waals surface area contributed by atoms with Crippen LogP contribution >= 0.6 is 0 Å². The Morgan fingerprint density at radius 3 is 2.50 bits per heavy atom. The number of ether oxygens (including phenoxy) is 1. The number of aromatic nitrogens is 2. The summed E-state index contributed by atoms with van der Waals surface area (Å²) in [4.78, 5) is 19.1. The number of esters is 1. The third-order valence-corrected chi connectivity index (χ3v) is 4.39. The zero-order valence-corrected chi connectivity index (χ0v) is 14.3. The topological polar surface area (TPSA) is 55.0 Å². The summed E-state index contributed by atoms with van der Waals surface area (Å²) in [6, 6.07) is 21.8. The van der Waals surface area contributed by atoms with Crippen LogP contribution in [0.3, 0.4) is 0 Å². The van der Waals surface area contributed by atoms with E-state index >= 15 is 0 Å². The fraction of sp³-hybridized carbons (Fsp3) is 0.0909. The fourth-order valence-corrected chi connectivity index (χ4v) is 3.28. The van der Waals surface area contributed by atoms with Gasteiger partial charge < -0.3 is 9.72 Å². The Morgan fingerprint density at radius 1 is 1.00 bits per heavy atom. The predicted molar refractivity (Wildman–Crippen MR) is 101 cm³/mol. The fourth-order valence-electron chi connectivity index (χ4n) is 3.28. The Labute approximate surface area is 151 Å². The smallest absolute Gasteiger partial charge is 0.308 e. The van der Waals surface area contributed by atoms with Gasteiger partial charge in [0.25, 0.3) is 0 Å². The minimum absolute atomic E-state index is 0.0151. The number of aromatic amines is 1. The molecule has 0 bridgehead atoms. The van der Waals surface area contributed by atoms with Crippen LogP contribution in [0.2, 0.25) is 0 Å². The number of hydrogen-bond acceptors (Lipinski definition) is 3. The second kappa shape index (κ2) is 6.84. The van der Waals surface area contributed by atoms with Gasteiger partial charge in [-0.15, -0.1) is 0 Å². The lowest BCUT2D eigenvalue weighted by atomic mass is 9.88. The molecule has 26 heavy (non-hydrogen) atoms. The third-order valence-electron chi connectivity index (χ3n) is 4.39. The lowest BCUT2D eigenvalue weighted by Gasteiger charge is -2.17. The van der Waals surface area contributed by atoms with E-state index in [-0.39, 0.29) is 11.9 Å². The first-order valence-corrected chi connectivity index (χ1v) is 8.47. The van der Waals surface area contributed by atoms with Gasteiger partial charge in [-0.25, -0.2) is 0 Å². The minimum Gasteiger partial charge on any atom is -0.427 e. The van der Waals surface area contributed by atoms with Gasteiger partial charge in [0.05, 0.1) is 11.6 Å². The molecule has 4 rings (SSSR count). The number of benzene rings is 2. The molecule has 0 aliphatic carbocycles. The number of H-pyrrole nitrogens is 1. The Bertz CT molecular complexity index is 1040. The molecule has 0 saturated carbocycles. The molecule has 0 saturated heterocycles. The van der Waals surface area contributed by atoms with Crippen LogP contribution in [0, 0.1) is 0 Å². The molecule has 0 aliphatic heterocycles. The molecule has 4 heteroatoms. The standard InChI is InChI=1S/C22H18N2O2/c1-15(25)26-17-11-9-16(10-12-17)22(21-8-4-5-13-23-21)19-14-24-20-7-3-2-6-18(19)20/h2-14,22,24H,1H3. The zero-order valence-electron chi connectivity index (χ0n) is 14.3. The van der Waals surface area contributed by atoms with E-state index in [2.05, 4.69) is 22.1 Å². The van der Waals surface area contributed by atoms with Crippen molar-refractivity contribution in [2.24, 2.45) is 0 Å². The van der Waals surface area contributed by atoms with Crippen LogP contribution in [0.4, 0.5) is 0 Å². The number of para-hydroxylation sites is 1. The number of carbonyl (C=O) groups excluding carboxylic acids is 1. The monoisotopic (exact) mass is 342 g/mol. The summed E-state index contributed by atoms with van der Waals surface area (Å²) in [5, 5.41) is 1.17. The van der Waals surface area contributed by atoms with E-state index in [1.807, 2.05) is 67.0 Å². The van der Waals surface area contributed by atoms with Crippen LogP contribution in [-0.2, 0) is 4.79 Å². The van der Waals surface area contributed by atoms with Crippen LogP contribution in [0.5, 0.6) is 5.75 Å². The van der Waals surface area contributed by atoms with Gasteiger partial charge in [0, 0.05) is 30.2 Å². The second-order valence-corrected chi connectivity index (χ2v) is 6.14. The van der Waals surface area contributed by atoms with Crippen molar-refractivity contribution >= 4 is 16.9 Å². The highest BCUT2D eigenvalue weighted by molar-refractivity contribution is 5.84. The quantitative estimate of drug-likeness (QED) is 0.433. The van der Waals surface area contributed by atoms with Crippen molar-refractivity contribution in [3.63, 3.8) is 0 Å². The summed E-state index contributed by atoms with van der Waals surface area (Å²) >= 11 is 0. The van der Waals surface area contributed by atoms with E-state index in [4.69, 9.17) is 4.74 Å². The minimum atomic E-state index is -0.323. The maximum Gasteiger partial charge on any atom is 0.308 e. The van der Waals surface area contributed by atoms with Crippen LogP contribution in [0.15, 0.2) is 79.1 Å². The van der Waals surface area contributed by atoms with Gasteiger partial charge in [-0.2, -0.15) is 0 Å². The zero-order chi connectivity index (χ0) is 17.9. The average molecular weight is 342 g/mol. The third kappa shape index (κ3) is 3.09. The van der Waals surface area contributed by atoms with E-state index in [9.17, 15) is 4.79 Å². The lowest BCUT2D eigenvalue weighted by molar-refractivity contribution is -0.131. The first-order chi connectivity index (χ1) is 12.7. The van der Waals surface area contributed by atoms with Crippen molar-refractivity contribution < 1.29 is 9.53 Å². The highest BCUT2D eigenvalue weighted by atomic mass is 16.5. The molecular weight excluding hydrogens is 324 g/mol. The summed E-state index contributed by atoms with van der Waals surface area (Å²) in [7, 11) is 0. The Morgan fingerprint density at radius 2 is 1.77 bits per heavy atom. The van der Waals surface area contributed by atoms with Crippen LogP contribution in [-0.4, -0.2) is 15.9 Å². The molecule has 2 aromatic heterocycles. The van der Waals surface area contributed by atoms with Gasteiger partial charge >= 0.3 is 5.97 Å². The summed E-state index contributed by atoms with van der Waals surface area (Å²) in [5.41, 5.74) is 4.32. The SMILES string of the molecule is CC(=O)Oc1ccc(C(c2ccccn2)c2c[nH]c3ccccc23)cc1. The lowest BCUT2D eigenvalue weighted by Crippen LogP contribution is -2.06. The molecule has 1 unspecified atom stereocenters. The van der Waals surface area contributed by atoms with Crippen molar-refractivity contribution in [1.29, 1.82) is 0 Å². The van der Waals surface area contributed by atoms with Crippen molar-refractivity contribution in [2.75, 3.05) is 0 Å². The van der Waals surface area contributed by atoms with Crippen molar-refractivity contribution in [3.8, 4) is 5.75 Å². The van der Waals surface area contributed by atoms with Crippen LogP contribution in [0.1, 0.15) is 29.7 Å². The molecule has 0 radical (unpaired) electrons. The second-order valence-electron chi connectivity index (χ2n) is 6.14. The van der Waals surface area contributed by atoms with Crippen LogP contribution < -0.4 is 4.74 Å². The predicted octanol–water partition coefficient (Wildman–Crippen LogP) is 4.67.